The molecule has 0 aromatic carbocycles. The van der Waals surface area contributed by atoms with Gasteiger partial charge in [-0.25, -0.2) is 4.79 Å². The van der Waals surface area contributed by atoms with E-state index in [0.717, 1.165) is 6.42 Å². The zero-order valence-electron chi connectivity index (χ0n) is 10.1. The fourth-order valence-corrected chi connectivity index (χ4v) is 1.50. The van der Waals surface area contributed by atoms with E-state index in [1.807, 2.05) is 13.8 Å². The van der Waals surface area contributed by atoms with Gasteiger partial charge in [0.05, 0.1) is 0 Å². The van der Waals surface area contributed by atoms with E-state index in [2.05, 4.69) is 10.6 Å². The number of carbonyl (C=O) groups excluding carboxylic acids is 2. The van der Waals surface area contributed by atoms with Gasteiger partial charge in [-0.15, -0.1) is 0 Å². The molecule has 6 nitrogen and oxygen atoms in total. The maximum Gasteiger partial charge on any atom is 0.321 e. The van der Waals surface area contributed by atoms with Gasteiger partial charge >= 0.3 is 12.0 Å². The Kier molecular flexibility index (Phi) is 4.09. The van der Waals surface area contributed by atoms with Gasteiger partial charge in [-0.1, -0.05) is 13.8 Å². The van der Waals surface area contributed by atoms with Crippen molar-refractivity contribution in [1.29, 1.82) is 0 Å². The Labute approximate surface area is 99.8 Å². The molecule has 0 heterocycles. The van der Waals surface area contributed by atoms with Crippen LogP contribution in [0.2, 0.25) is 0 Å². The lowest BCUT2D eigenvalue weighted by atomic mass is 10.2. The monoisotopic (exact) mass is 242 g/mol. The van der Waals surface area contributed by atoms with Crippen molar-refractivity contribution in [3.63, 3.8) is 0 Å². The van der Waals surface area contributed by atoms with Crippen molar-refractivity contribution in [3.05, 3.63) is 0 Å². The number of carboxylic acid groups (broad SMARTS) is 1. The smallest absolute Gasteiger partial charge is 0.321 e. The maximum atomic E-state index is 11.3. The highest BCUT2D eigenvalue weighted by Gasteiger charge is 2.46. The quantitative estimate of drug-likeness (QED) is 0.666. The van der Waals surface area contributed by atoms with E-state index in [4.69, 9.17) is 5.11 Å². The number of rotatable bonds is 5. The molecule has 1 rings (SSSR count). The van der Waals surface area contributed by atoms with Crippen LogP contribution < -0.4 is 10.6 Å². The van der Waals surface area contributed by atoms with Crippen LogP contribution in [-0.4, -0.2) is 29.1 Å². The molecule has 6 heteroatoms. The van der Waals surface area contributed by atoms with E-state index in [1.54, 1.807) is 0 Å². The molecule has 1 aliphatic carbocycles. The first-order valence-electron chi connectivity index (χ1n) is 5.63. The molecule has 1 aliphatic rings. The molecule has 96 valence electrons. The van der Waals surface area contributed by atoms with Crippen LogP contribution in [0.5, 0.6) is 0 Å². The maximum absolute atomic E-state index is 11.3. The molecule has 0 bridgehead atoms. The van der Waals surface area contributed by atoms with Crippen LogP contribution in [0, 0.1) is 5.41 Å². The minimum atomic E-state index is -0.943. The second-order valence-corrected chi connectivity index (χ2v) is 5.01. The molecule has 0 radical (unpaired) electrons. The van der Waals surface area contributed by atoms with Crippen LogP contribution in [0.1, 0.15) is 39.5 Å². The number of carbonyl (C=O) groups is 3. The number of amides is 3. The number of imide groups is 1. The van der Waals surface area contributed by atoms with Crippen molar-refractivity contribution in [2.45, 2.75) is 45.6 Å². The summed E-state index contributed by atoms with van der Waals surface area (Å²) in [6.45, 7) is 4.07. The molecule has 1 fully saturated rings. The average molecular weight is 242 g/mol. The molecule has 0 spiro atoms. The van der Waals surface area contributed by atoms with Crippen LogP contribution in [0.3, 0.4) is 0 Å². The SMILES string of the molecule is CC1(C)CC1NC(=O)NC(=O)CCCC(=O)O. The van der Waals surface area contributed by atoms with Crippen molar-refractivity contribution in [1.82, 2.24) is 10.6 Å². The summed E-state index contributed by atoms with van der Waals surface area (Å²) in [6, 6.07) is -0.379. The normalized spacial score (nSPS) is 20.5. The molecule has 0 aromatic heterocycles. The molecule has 17 heavy (non-hydrogen) atoms. The first-order valence-corrected chi connectivity index (χ1v) is 5.63. The van der Waals surface area contributed by atoms with Crippen LogP contribution >= 0.6 is 0 Å². The summed E-state index contributed by atoms with van der Waals surface area (Å²) in [7, 11) is 0. The summed E-state index contributed by atoms with van der Waals surface area (Å²) >= 11 is 0. The van der Waals surface area contributed by atoms with E-state index in [1.165, 1.54) is 0 Å². The largest absolute Gasteiger partial charge is 0.481 e. The highest BCUT2D eigenvalue weighted by molar-refractivity contribution is 5.94. The Morgan fingerprint density at radius 1 is 1.29 bits per heavy atom. The summed E-state index contributed by atoms with van der Waals surface area (Å²) in [4.78, 5) is 32.8. The topological polar surface area (TPSA) is 95.5 Å². The Hall–Kier alpha value is -1.59. The fourth-order valence-electron chi connectivity index (χ4n) is 1.50. The number of urea groups is 1. The lowest BCUT2D eigenvalue weighted by molar-refractivity contribution is -0.137. The van der Waals surface area contributed by atoms with Gasteiger partial charge < -0.3 is 10.4 Å². The summed E-state index contributed by atoms with van der Waals surface area (Å²) in [6.07, 6.45) is 1.13. The second kappa shape index (κ2) is 5.16. The van der Waals surface area contributed by atoms with Gasteiger partial charge in [0.25, 0.3) is 0 Å². The van der Waals surface area contributed by atoms with Crippen LogP contribution in [0.25, 0.3) is 0 Å². The standard InChI is InChI=1S/C11H18N2O4/c1-11(2)6-7(11)12-10(17)13-8(14)4-3-5-9(15)16/h7H,3-6H2,1-2H3,(H,15,16)(H2,12,13,14,17). The molecule has 0 aliphatic heterocycles. The second-order valence-electron chi connectivity index (χ2n) is 5.01. The molecule has 0 saturated heterocycles. The molecule has 3 amide bonds. The van der Waals surface area contributed by atoms with E-state index in [-0.39, 0.29) is 30.7 Å². The summed E-state index contributed by atoms with van der Waals surface area (Å²) in [5.74, 6) is -1.39. The fraction of sp³-hybridized carbons (Fsp3) is 0.727. The van der Waals surface area contributed by atoms with Crippen molar-refractivity contribution < 1.29 is 19.5 Å². The van der Waals surface area contributed by atoms with Crippen molar-refractivity contribution in [2.24, 2.45) is 5.41 Å². The molecule has 0 aromatic rings. The zero-order chi connectivity index (χ0) is 13.1. The van der Waals surface area contributed by atoms with Gasteiger partial charge in [0.1, 0.15) is 0 Å². The number of hydrogen-bond acceptors (Lipinski definition) is 3. The van der Waals surface area contributed by atoms with Crippen LogP contribution in [0.15, 0.2) is 0 Å². The predicted molar refractivity (Wildman–Crippen MR) is 60.3 cm³/mol. The van der Waals surface area contributed by atoms with E-state index in [0.29, 0.717) is 0 Å². The number of carboxylic acids is 1. The number of hydrogen-bond donors (Lipinski definition) is 3. The van der Waals surface area contributed by atoms with Gasteiger partial charge in [-0.2, -0.15) is 0 Å². The van der Waals surface area contributed by atoms with E-state index >= 15 is 0 Å². The summed E-state index contributed by atoms with van der Waals surface area (Å²) < 4.78 is 0. The number of nitrogens with one attached hydrogen (secondary N) is 2. The summed E-state index contributed by atoms with van der Waals surface area (Å²) in [5, 5.41) is 13.2. The Morgan fingerprint density at radius 2 is 1.88 bits per heavy atom. The third-order valence-corrected chi connectivity index (χ3v) is 2.87. The van der Waals surface area contributed by atoms with Crippen LogP contribution in [-0.2, 0) is 9.59 Å². The number of aliphatic carboxylic acids is 1. The van der Waals surface area contributed by atoms with E-state index < -0.39 is 17.9 Å². The van der Waals surface area contributed by atoms with Gasteiger partial charge in [0.2, 0.25) is 5.91 Å². The molecule has 1 unspecified atom stereocenters. The van der Waals surface area contributed by atoms with Gasteiger partial charge in [0.15, 0.2) is 0 Å². The highest BCUT2D eigenvalue weighted by atomic mass is 16.4. The third-order valence-electron chi connectivity index (χ3n) is 2.87. The Morgan fingerprint density at radius 3 is 2.35 bits per heavy atom. The molecule has 1 atom stereocenters. The average Bonchev–Trinajstić information content (AvgIpc) is 2.71. The first-order chi connectivity index (χ1) is 7.81. The minimum absolute atomic E-state index is 0.0494. The zero-order valence-corrected chi connectivity index (χ0v) is 10.1. The minimum Gasteiger partial charge on any atom is -0.481 e. The summed E-state index contributed by atoms with van der Waals surface area (Å²) in [5.41, 5.74) is 0.115. The van der Waals surface area contributed by atoms with Gasteiger partial charge in [0, 0.05) is 18.9 Å². The van der Waals surface area contributed by atoms with Crippen molar-refractivity contribution >= 4 is 17.9 Å². The van der Waals surface area contributed by atoms with Crippen LogP contribution in [0.4, 0.5) is 4.79 Å². The molecular weight excluding hydrogens is 224 g/mol. The molecule has 1 saturated carbocycles. The van der Waals surface area contributed by atoms with Gasteiger partial charge in [-0.3, -0.25) is 14.9 Å². The Balaban J connectivity index is 2.14. The lowest BCUT2D eigenvalue weighted by Gasteiger charge is -2.07. The lowest BCUT2D eigenvalue weighted by Crippen LogP contribution is -2.41. The van der Waals surface area contributed by atoms with Crippen molar-refractivity contribution in [3.8, 4) is 0 Å². The third kappa shape index (κ3) is 4.84. The van der Waals surface area contributed by atoms with E-state index in [9.17, 15) is 14.4 Å². The first kappa shape index (κ1) is 13.5. The predicted octanol–water partition coefficient (Wildman–Crippen LogP) is 0.866. The molecular formula is C11H18N2O4. The Bertz CT molecular complexity index is 338. The van der Waals surface area contributed by atoms with Gasteiger partial charge in [-0.05, 0) is 18.3 Å². The highest BCUT2D eigenvalue weighted by Crippen LogP contribution is 2.44. The molecule has 3 N–H and O–H groups in total. The van der Waals surface area contributed by atoms with Crippen molar-refractivity contribution in [2.75, 3.05) is 0 Å².